The van der Waals surface area contributed by atoms with Crippen LogP contribution in [0.3, 0.4) is 0 Å². The molecule has 8 nitrogen and oxygen atoms in total. The Morgan fingerprint density at radius 3 is 2.61 bits per heavy atom. The highest BCUT2D eigenvalue weighted by atomic mass is 32.1. The molecule has 3 N–H and O–H groups in total. The summed E-state index contributed by atoms with van der Waals surface area (Å²) in [6.45, 7) is 3.23. The highest BCUT2D eigenvalue weighted by Gasteiger charge is 2.17. The first-order valence-corrected chi connectivity index (χ1v) is 9.47. The van der Waals surface area contributed by atoms with Gasteiger partial charge in [-0.05, 0) is 43.5 Å². The second kappa shape index (κ2) is 10.2. The largest absolute Gasteiger partial charge is 0.452 e. The topological polar surface area (TPSA) is 114 Å². The summed E-state index contributed by atoms with van der Waals surface area (Å²) in [7, 11) is 0. The van der Waals surface area contributed by atoms with Crippen LogP contribution in [-0.4, -0.2) is 42.9 Å². The zero-order valence-electron chi connectivity index (χ0n) is 15.5. The molecule has 28 heavy (non-hydrogen) atoms. The van der Waals surface area contributed by atoms with Gasteiger partial charge in [-0.15, -0.1) is 11.3 Å². The van der Waals surface area contributed by atoms with Crippen molar-refractivity contribution in [1.82, 2.24) is 10.6 Å². The van der Waals surface area contributed by atoms with Crippen LogP contribution >= 0.6 is 11.3 Å². The summed E-state index contributed by atoms with van der Waals surface area (Å²) in [5.41, 5.74) is 0.621. The molecule has 0 spiro atoms. The molecule has 0 radical (unpaired) electrons. The third-order valence-corrected chi connectivity index (χ3v) is 4.43. The fourth-order valence-corrected chi connectivity index (χ4v) is 2.83. The smallest absolute Gasteiger partial charge is 0.338 e. The van der Waals surface area contributed by atoms with Crippen LogP contribution in [-0.2, 0) is 14.3 Å². The van der Waals surface area contributed by atoms with E-state index in [9.17, 15) is 19.2 Å². The first-order valence-electron chi connectivity index (χ1n) is 8.59. The molecule has 1 aromatic carbocycles. The minimum Gasteiger partial charge on any atom is -0.452 e. The van der Waals surface area contributed by atoms with Crippen LogP contribution in [0.1, 0.15) is 33.9 Å². The normalized spacial score (nSPS) is 11.2. The van der Waals surface area contributed by atoms with Gasteiger partial charge < -0.3 is 20.7 Å². The molecule has 1 heterocycles. The lowest BCUT2D eigenvalue weighted by molar-refractivity contribution is -0.130. The number of hydrogen-bond acceptors (Lipinski definition) is 6. The SMILES string of the molecule is CCNC(=O)[C@H](C)NC(=O)COC(=O)c1cccc(NC(=O)c2cccs2)c1. The molecule has 0 aliphatic carbocycles. The van der Waals surface area contributed by atoms with Crippen molar-refractivity contribution in [2.45, 2.75) is 19.9 Å². The summed E-state index contributed by atoms with van der Waals surface area (Å²) in [6, 6.07) is 8.94. The molecule has 0 aliphatic rings. The van der Waals surface area contributed by atoms with Crippen molar-refractivity contribution in [3.8, 4) is 0 Å². The summed E-state index contributed by atoms with van der Waals surface area (Å²) in [4.78, 5) is 48.2. The number of ether oxygens (including phenoxy) is 1. The van der Waals surface area contributed by atoms with Crippen molar-refractivity contribution in [2.24, 2.45) is 0 Å². The van der Waals surface area contributed by atoms with Gasteiger partial charge in [-0.3, -0.25) is 14.4 Å². The van der Waals surface area contributed by atoms with Gasteiger partial charge in [0.2, 0.25) is 5.91 Å². The second-order valence-electron chi connectivity index (χ2n) is 5.77. The lowest BCUT2D eigenvalue weighted by Crippen LogP contribution is -2.46. The first-order chi connectivity index (χ1) is 13.4. The van der Waals surface area contributed by atoms with Gasteiger partial charge in [-0.2, -0.15) is 0 Å². The maximum Gasteiger partial charge on any atom is 0.338 e. The Morgan fingerprint density at radius 1 is 1.14 bits per heavy atom. The Bertz CT molecular complexity index is 851. The maximum atomic E-state index is 12.1. The Morgan fingerprint density at radius 2 is 1.93 bits per heavy atom. The zero-order chi connectivity index (χ0) is 20.5. The number of esters is 1. The van der Waals surface area contributed by atoms with Crippen LogP contribution in [0.25, 0.3) is 0 Å². The predicted octanol–water partition coefficient (Wildman–Crippen LogP) is 1.80. The monoisotopic (exact) mass is 403 g/mol. The lowest BCUT2D eigenvalue weighted by Gasteiger charge is -2.13. The molecule has 0 saturated carbocycles. The van der Waals surface area contributed by atoms with Gasteiger partial charge in [0.15, 0.2) is 6.61 Å². The first kappa shape index (κ1) is 21.1. The molecule has 0 saturated heterocycles. The molecule has 148 valence electrons. The third kappa shape index (κ3) is 6.20. The maximum absolute atomic E-state index is 12.1. The number of hydrogen-bond donors (Lipinski definition) is 3. The van der Waals surface area contributed by atoms with Crippen molar-refractivity contribution in [3.63, 3.8) is 0 Å². The van der Waals surface area contributed by atoms with E-state index in [2.05, 4.69) is 16.0 Å². The number of carbonyl (C=O) groups is 4. The number of amides is 3. The standard InChI is InChI=1S/C19H21N3O5S/c1-3-20-17(24)12(2)21-16(23)11-27-19(26)13-6-4-7-14(10-13)22-18(25)15-8-5-9-28-15/h4-10,12H,3,11H2,1-2H3,(H,20,24)(H,21,23)(H,22,25)/t12-/m0/s1. The lowest BCUT2D eigenvalue weighted by atomic mass is 10.2. The van der Waals surface area contributed by atoms with Crippen LogP contribution in [0.15, 0.2) is 41.8 Å². The molecule has 3 amide bonds. The number of nitrogens with one attached hydrogen (secondary N) is 3. The number of rotatable bonds is 8. The van der Waals surface area contributed by atoms with Crippen molar-refractivity contribution >= 4 is 40.7 Å². The fourth-order valence-electron chi connectivity index (χ4n) is 2.21. The van der Waals surface area contributed by atoms with E-state index < -0.39 is 24.5 Å². The minimum absolute atomic E-state index is 0.188. The predicted molar refractivity (Wildman–Crippen MR) is 105 cm³/mol. The molecule has 0 aliphatic heterocycles. The fraction of sp³-hybridized carbons (Fsp3) is 0.263. The van der Waals surface area contributed by atoms with Gasteiger partial charge in [0.25, 0.3) is 11.8 Å². The highest BCUT2D eigenvalue weighted by molar-refractivity contribution is 7.12. The minimum atomic E-state index is -0.734. The van der Waals surface area contributed by atoms with Crippen LogP contribution in [0, 0.1) is 0 Å². The van der Waals surface area contributed by atoms with Gasteiger partial charge in [0, 0.05) is 12.2 Å². The molecule has 9 heteroatoms. The molecule has 0 bridgehead atoms. The molecule has 2 aromatic rings. The number of benzene rings is 1. The second-order valence-corrected chi connectivity index (χ2v) is 6.72. The molecular formula is C19H21N3O5S. The Labute approximate surface area is 166 Å². The quantitative estimate of drug-likeness (QED) is 0.582. The number of thiophene rings is 1. The molecule has 1 atom stereocenters. The average Bonchev–Trinajstić information content (AvgIpc) is 3.21. The van der Waals surface area contributed by atoms with E-state index in [0.29, 0.717) is 17.1 Å². The van der Waals surface area contributed by atoms with Crippen molar-refractivity contribution in [2.75, 3.05) is 18.5 Å². The highest BCUT2D eigenvalue weighted by Crippen LogP contribution is 2.15. The van der Waals surface area contributed by atoms with Crippen molar-refractivity contribution in [1.29, 1.82) is 0 Å². The number of carbonyl (C=O) groups excluding carboxylic acids is 4. The van der Waals surface area contributed by atoms with Gasteiger partial charge >= 0.3 is 5.97 Å². The van der Waals surface area contributed by atoms with E-state index in [1.807, 2.05) is 0 Å². The van der Waals surface area contributed by atoms with E-state index in [4.69, 9.17) is 4.74 Å². The van der Waals surface area contributed by atoms with E-state index in [0.717, 1.165) is 0 Å². The number of likely N-dealkylation sites (N-methyl/N-ethyl adjacent to an activating group) is 1. The molecular weight excluding hydrogens is 382 g/mol. The van der Waals surface area contributed by atoms with Crippen LogP contribution < -0.4 is 16.0 Å². The van der Waals surface area contributed by atoms with Crippen LogP contribution in [0.4, 0.5) is 5.69 Å². The Kier molecular flexibility index (Phi) is 7.70. The zero-order valence-corrected chi connectivity index (χ0v) is 16.3. The molecule has 1 aromatic heterocycles. The summed E-state index contributed by atoms with van der Waals surface area (Å²) < 4.78 is 4.97. The van der Waals surface area contributed by atoms with E-state index in [1.165, 1.54) is 30.4 Å². The van der Waals surface area contributed by atoms with E-state index >= 15 is 0 Å². The summed E-state index contributed by atoms with van der Waals surface area (Å²) in [5, 5.41) is 9.51. The van der Waals surface area contributed by atoms with Gasteiger partial charge in [-0.25, -0.2) is 4.79 Å². The summed E-state index contributed by atoms with van der Waals surface area (Å²) >= 11 is 1.31. The van der Waals surface area contributed by atoms with Crippen molar-refractivity contribution in [3.05, 3.63) is 52.2 Å². The van der Waals surface area contributed by atoms with Crippen LogP contribution in [0.5, 0.6) is 0 Å². The van der Waals surface area contributed by atoms with Crippen molar-refractivity contribution < 1.29 is 23.9 Å². The third-order valence-electron chi connectivity index (χ3n) is 3.56. The number of anilines is 1. The molecule has 0 unspecified atom stereocenters. The van der Waals surface area contributed by atoms with E-state index in [1.54, 1.807) is 36.6 Å². The Balaban J connectivity index is 1.88. The average molecular weight is 403 g/mol. The summed E-state index contributed by atoms with van der Waals surface area (Å²) in [6.07, 6.45) is 0. The van der Waals surface area contributed by atoms with Gasteiger partial charge in [-0.1, -0.05) is 12.1 Å². The molecule has 2 rings (SSSR count). The van der Waals surface area contributed by atoms with Crippen LogP contribution in [0.2, 0.25) is 0 Å². The molecule has 0 fully saturated rings. The Hall–Kier alpha value is -3.20. The summed E-state index contributed by atoms with van der Waals surface area (Å²) in [5.74, 6) is -1.90. The van der Waals surface area contributed by atoms with E-state index in [-0.39, 0.29) is 17.4 Å². The van der Waals surface area contributed by atoms with Gasteiger partial charge in [0.1, 0.15) is 6.04 Å². The van der Waals surface area contributed by atoms with Gasteiger partial charge in [0.05, 0.1) is 10.4 Å².